The Morgan fingerprint density at radius 3 is 2.39 bits per heavy atom. The van der Waals surface area contributed by atoms with Crippen molar-refractivity contribution in [3.63, 3.8) is 0 Å². The fourth-order valence-electron chi connectivity index (χ4n) is 1.60. The normalized spacial score (nSPS) is 9.94. The number of nitrogen functional groups attached to an aromatic ring is 1. The Morgan fingerprint density at radius 2 is 1.78 bits per heavy atom. The molecule has 18 heavy (non-hydrogen) atoms. The van der Waals surface area contributed by atoms with Gasteiger partial charge in [0.1, 0.15) is 5.82 Å². The molecule has 4 N–H and O–H groups in total. The number of benzene rings is 1. The Morgan fingerprint density at radius 1 is 1.06 bits per heavy atom. The third kappa shape index (κ3) is 2.89. The number of hydrogen-bond donors (Lipinski definition) is 3. The van der Waals surface area contributed by atoms with Crippen LogP contribution in [0.15, 0.2) is 42.6 Å². The molecule has 2 aromatic rings. The zero-order valence-electron chi connectivity index (χ0n) is 10.5. The molecule has 1 aromatic heterocycles. The molecule has 0 saturated heterocycles. The summed E-state index contributed by atoms with van der Waals surface area (Å²) in [6.07, 6.45) is 1.70. The van der Waals surface area contributed by atoms with E-state index in [9.17, 15) is 0 Å². The molecule has 0 saturated carbocycles. The maximum Gasteiger partial charge on any atom is 0.141 e. The van der Waals surface area contributed by atoms with Gasteiger partial charge in [-0.1, -0.05) is 0 Å². The molecular formula is C13H17N5. The molecular weight excluding hydrogens is 226 g/mol. The van der Waals surface area contributed by atoms with Crippen molar-refractivity contribution in [2.24, 2.45) is 5.84 Å². The van der Waals surface area contributed by atoms with Crippen LogP contribution in [0, 0.1) is 0 Å². The van der Waals surface area contributed by atoms with Crippen molar-refractivity contribution in [1.82, 2.24) is 4.98 Å². The molecule has 0 radical (unpaired) electrons. The van der Waals surface area contributed by atoms with E-state index in [0.29, 0.717) is 5.82 Å². The first kappa shape index (κ1) is 12.2. The zero-order chi connectivity index (χ0) is 13.0. The van der Waals surface area contributed by atoms with E-state index in [1.807, 2.05) is 38.4 Å². The summed E-state index contributed by atoms with van der Waals surface area (Å²) < 4.78 is 0. The Bertz CT molecular complexity index is 507. The summed E-state index contributed by atoms with van der Waals surface area (Å²) in [5.74, 6) is 5.95. The van der Waals surface area contributed by atoms with Gasteiger partial charge >= 0.3 is 0 Å². The van der Waals surface area contributed by atoms with E-state index in [-0.39, 0.29) is 0 Å². The van der Waals surface area contributed by atoms with Crippen molar-refractivity contribution in [1.29, 1.82) is 0 Å². The number of hydrazine groups is 1. The molecule has 0 aliphatic carbocycles. The molecule has 0 unspecified atom stereocenters. The van der Waals surface area contributed by atoms with Gasteiger partial charge in [-0.15, -0.1) is 0 Å². The SMILES string of the molecule is CN(C)c1ccc(Nc2ccnc(NN)c2)cc1. The number of pyridine rings is 1. The van der Waals surface area contributed by atoms with Crippen LogP contribution in [0.1, 0.15) is 0 Å². The van der Waals surface area contributed by atoms with Crippen LogP contribution in [0.25, 0.3) is 0 Å². The molecule has 94 valence electrons. The highest BCUT2D eigenvalue weighted by molar-refractivity contribution is 5.64. The molecule has 0 bridgehead atoms. The maximum absolute atomic E-state index is 5.32. The summed E-state index contributed by atoms with van der Waals surface area (Å²) in [5.41, 5.74) is 5.65. The number of aromatic nitrogens is 1. The predicted molar refractivity (Wildman–Crippen MR) is 76.1 cm³/mol. The van der Waals surface area contributed by atoms with Crippen molar-refractivity contribution in [2.75, 3.05) is 29.7 Å². The second-order valence-electron chi connectivity index (χ2n) is 4.14. The van der Waals surface area contributed by atoms with Crippen molar-refractivity contribution < 1.29 is 0 Å². The molecule has 0 aliphatic rings. The van der Waals surface area contributed by atoms with Gasteiger partial charge in [-0.25, -0.2) is 10.8 Å². The highest BCUT2D eigenvalue weighted by Gasteiger charge is 1.98. The summed E-state index contributed by atoms with van der Waals surface area (Å²) in [4.78, 5) is 6.12. The van der Waals surface area contributed by atoms with Gasteiger partial charge in [-0.05, 0) is 30.3 Å². The number of hydrogen-bond acceptors (Lipinski definition) is 5. The molecule has 0 aliphatic heterocycles. The summed E-state index contributed by atoms with van der Waals surface area (Å²) in [6, 6.07) is 11.9. The van der Waals surface area contributed by atoms with Crippen molar-refractivity contribution in [2.45, 2.75) is 0 Å². The molecule has 0 fully saturated rings. The summed E-state index contributed by atoms with van der Waals surface area (Å²) in [5, 5.41) is 3.29. The lowest BCUT2D eigenvalue weighted by Crippen LogP contribution is -2.08. The van der Waals surface area contributed by atoms with Crippen LogP contribution in [0.3, 0.4) is 0 Å². The van der Waals surface area contributed by atoms with Crippen LogP contribution in [0.2, 0.25) is 0 Å². The second kappa shape index (κ2) is 5.37. The Balaban J connectivity index is 2.13. The van der Waals surface area contributed by atoms with E-state index < -0.39 is 0 Å². The minimum atomic E-state index is 0.630. The van der Waals surface area contributed by atoms with Crippen LogP contribution in [-0.4, -0.2) is 19.1 Å². The van der Waals surface area contributed by atoms with Gasteiger partial charge in [0.05, 0.1) is 0 Å². The van der Waals surface area contributed by atoms with Crippen molar-refractivity contribution in [3.8, 4) is 0 Å². The van der Waals surface area contributed by atoms with Crippen molar-refractivity contribution >= 4 is 22.9 Å². The molecule has 0 spiro atoms. The fraction of sp³-hybridized carbons (Fsp3) is 0.154. The standard InChI is InChI=1S/C13H17N5/c1-18(2)12-5-3-10(4-6-12)16-11-7-8-15-13(9-11)17-14/h3-9H,14H2,1-2H3,(H2,15,16,17). The molecule has 0 amide bonds. The third-order valence-corrected chi connectivity index (χ3v) is 2.58. The van der Waals surface area contributed by atoms with Gasteiger partial charge < -0.3 is 15.6 Å². The highest BCUT2D eigenvalue weighted by atomic mass is 15.2. The predicted octanol–water partition coefficient (Wildman–Crippen LogP) is 2.18. The smallest absolute Gasteiger partial charge is 0.141 e. The third-order valence-electron chi connectivity index (χ3n) is 2.58. The Labute approximate surface area is 107 Å². The number of nitrogens with one attached hydrogen (secondary N) is 2. The zero-order valence-corrected chi connectivity index (χ0v) is 10.5. The molecule has 5 nitrogen and oxygen atoms in total. The number of nitrogens with zero attached hydrogens (tertiary/aromatic N) is 2. The lowest BCUT2D eigenvalue weighted by atomic mass is 10.2. The van der Waals surface area contributed by atoms with E-state index in [0.717, 1.165) is 11.4 Å². The molecule has 0 atom stereocenters. The second-order valence-corrected chi connectivity index (χ2v) is 4.14. The van der Waals surface area contributed by atoms with Crippen LogP contribution in [0.5, 0.6) is 0 Å². The largest absolute Gasteiger partial charge is 0.378 e. The Hall–Kier alpha value is -2.27. The lowest BCUT2D eigenvalue weighted by Gasteiger charge is -2.13. The minimum absolute atomic E-state index is 0.630. The van der Waals surface area contributed by atoms with E-state index in [2.05, 4.69) is 32.8 Å². The van der Waals surface area contributed by atoms with E-state index >= 15 is 0 Å². The average molecular weight is 243 g/mol. The van der Waals surface area contributed by atoms with Gasteiger partial charge in [-0.3, -0.25) is 0 Å². The molecule has 5 heteroatoms. The minimum Gasteiger partial charge on any atom is -0.378 e. The highest BCUT2D eigenvalue weighted by Crippen LogP contribution is 2.20. The monoisotopic (exact) mass is 243 g/mol. The van der Waals surface area contributed by atoms with E-state index in [4.69, 9.17) is 5.84 Å². The summed E-state index contributed by atoms with van der Waals surface area (Å²) >= 11 is 0. The van der Waals surface area contributed by atoms with Crippen LogP contribution in [-0.2, 0) is 0 Å². The number of rotatable bonds is 4. The molecule has 1 aromatic carbocycles. The number of anilines is 4. The van der Waals surface area contributed by atoms with Crippen LogP contribution in [0.4, 0.5) is 22.9 Å². The first-order valence-electron chi connectivity index (χ1n) is 5.66. The first-order chi connectivity index (χ1) is 8.69. The Kier molecular flexibility index (Phi) is 3.64. The molecule has 2 rings (SSSR count). The van der Waals surface area contributed by atoms with Crippen molar-refractivity contribution in [3.05, 3.63) is 42.6 Å². The average Bonchev–Trinajstić information content (AvgIpc) is 2.39. The summed E-state index contributed by atoms with van der Waals surface area (Å²) in [6.45, 7) is 0. The van der Waals surface area contributed by atoms with Crippen LogP contribution < -0.4 is 21.5 Å². The van der Waals surface area contributed by atoms with Gasteiger partial charge in [-0.2, -0.15) is 0 Å². The molecule has 1 heterocycles. The van der Waals surface area contributed by atoms with Gasteiger partial charge in [0.25, 0.3) is 0 Å². The quantitative estimate of drug-likeness (QED) is 0.567. The van der Waals surface area contributed by atoms with Crippen LogP contribution >= 0.6 is 0 Å². The maximum atomic E-state index is 5.32. The van der Waals surface area contributed by atoms with E-state index in [1.54, 1.807) is 6.20 Å². The number of nitrogens with two attached hydrogens (primary N) is 1. The topological polar surface area (TPSA) is 66.2 Å². The van der Waals surface area contributed by atoms with Gasteiger partial charge in [0, 0.05) is 43.4 Å². The van der Waals surface area contributed by atoms with Gasteiger partial charge in [0.15, 0.2) is 0 Å². The van der Waals surface area contributed by atoms with E-state index in [1.165, 1.54) is 5.69 Å². The summed E-state index contributed by atoms with van der Waals surface area (Å²) in [7, 11) is 4.04. The fourth-order valence-corrected chi connectivity index (χ4v) is 1.60. The lowest BCUT2D eigenvalue weighted by molar-refractivity contribution is 1.13. The first-order valence-corrected chi connectivity index (χ1v) is 5.66. The van der Waals surface area contributed by atoms with Gasteiger partial charge in [0.2, 0.25) is 0 Å².